The Labute approximate surface area is 117 Å². The summed E-state index contributed by atoms with van der Waals surface area (Å²) in [6, 6.07) is 6.37. The Morgan fingerprint density at radius 2 is 2.30 bits per heavy atom. The maximum absolute atomic E-state index is 5.46. The maximum atomic E-state index is 5.46. The Bertz CT molecular complexity index is 709. The van der Waals surface area contributed by atoms with Crippen LogP contribution in [0.1, 0.15) is 29.4 Å². The zero-order valence-corrected chi connectivity index (χ0v) is 11.7. The van der Waals surface area contributed by atoms with E-state index in [0.717, 1.165) is 29.1 Å². The molecule has 0 radical (unpaired) electrons. The molecule has 0 fully saturated rings. The zero-order chi connectivity index (χ0) is 14.1. The fraction of sp³-hybridized carbons (Fsp3) is 0.267. The van der Waals surface area contributed by atoms with Crippen molar-refractivity contribution in [2.75, 3.05) is 0 Å². The van der Waals surface area contributed by atoms with E-state index in [0.29, 0.717) is 12.4 Å². The summed E-state index contributed by atoms with van der Waals surface area (Å²) < 4.78 is 2.09. The van der Waals surface area contributed by atoms with Crippen molar-refractivity contribution in [3.63, 3.8) is 0 Å². The summed E-state index contributed by atoms with van der Waals surface area (Å²) >= 11 is 0. The average molecular weight is 267 g/mol. The molecule has 0 saturated heterocycles. The normalized spacial score (nSPS) is 13.8. The number of benzene rings is 1. The molecule has 0 saturated carbocycles. The Morgan fingerprint density at radius 3 is 3.05 bits per heavy atom. The van der Waals surface area contributed by atoms with Crippen LogP contribution in [0, 0.1) is 6.92 Å². The monoisotopic (exact) mass is 267 g/mol. The molecule has 3 rings (SSSR count). The van der Waals surface area contributed by atoms with Crippen LogP contribution in [-0.2, 0) is 13.0 Å². The van der Waals surface area contributed by atoms with Crippen molar-refractivity contribution in [3.8, 4) is 5.69 Å². The van der Waals surface area contributed by atoms with E-state index in [1.54, 1.807) is 0 Å². The van der Waals surface area contributed by atoms with Gasteiger partial charge in [-0.2, -0.15) is 0 Å². The molecule has 0 spiro atoms. The van der Waals surface area contributed by atoms with Crippen LogP contribution in [-0.4, -0.2) is 21.7 Å². The van der Waals surface area contributed by atoms with Gasteiger partial charge in [0.1, 0.15) is 0 Å². The van der Waals surface area contributed by atoms with Crippen molar-refractivity contribution in [3.05, 3.63) is 47.0 Å². The summed E-state index contributed by atoms with van der Waals surface area (Å²) in [5.41, 5.74) is 10.9. The number of hydrogen-bond acceptors (Lipinski definition) is 3. The van der Waals surface area contributed by atoms with Crippen molar-refractivity contribution < 1.29 is 0 Å². The lowest BCUT2D eigenvalue weighted by Crippen LogP contribution is -2.06. The van der Waals surface area contributed by atoms with Gasteiger partial charge in [-0.15, -0.1) is 0 Å². The smallest absolute Gasteiger partial charge is 0.158 e. The third-order valence-electron chi connectivity index (χ3n) is 3.62. The van der Waals surface area contributed by atoms with Crippen molar-refractivity contribution in [2.45, 2.75) is 26.8 Å². The van der Waals surface area contributed by atoms with Gasteiger partial charge in [0, 0.05) is 5.56 Å². The lowest BCUT2D eigenvalue weighted by molar-refractivity contribution is 0.913. The molecule has 1 aromatic heterocycles. The molecule has 0 bridgehead atoms. The summed E-state index contributed by atoms with van der Waals surface area (Å²) in [4.78, 5) is 13.2. The molecule has 0 amide bonds. The number of aryl methyl sites for hydroxylation is 2. The van der Waals surface area contributed by atoms with Gasteiger partial charge in [-0.1, -0.05) is 13.0 Å². The van der Waals surface area contributed by atoms with Crippen LogP contribution in [0.5, 0.6) is 0 Å². The van der Waals surface area contributed by atoms with Crippen LogP contribution >= 0.6 is 0 Å². The second kappa shape index (κ2) is 4.92. The molecule has 1 aliphatic rings. The predicted octanol–water partition coefficient (Wildman–Crippen LogP) is 1.99. The van der Waals surface area contributed by atoms with Gasteiger partial charge in [0.2, 0.25) is 0 Å². The number of imidazole rings is 1. The second-order valence-corrected chi connectivity index (χ2v) is 4.77. The van der Waals surface area contributed by atoms with E-state index in [4.69, 9.17) is 5.73 Å². The van der Waals surface area contributed by atoms with Crippen molar-refractivity contribution >= 4 is 12.2 Å². The fourth-order valence-corrected chi connectivity index (χ4v) is 2.47. The Kier molecular flexibility index (Phi) is 3.10. The van der Waals surface area contributed by atoms with Crippen molar-refractivity contribution in [1.82, 2.24) is 9.55 Å². The van der Waals surface area contributed by atoms with E-state index in [-0.39, 0.29) is 0 Å². The van der Waals surface area contributed by atoms with Gasteiger partial charge in [-0.05, 0) is 31.0 Å². The first-order valence-electron chi connectivity index (χ1n) is 6.69. The number of aliphatic imine (C=N–C) groups is 2. The van der Waals surface area contributed by atoms with Gasteiger partial charge >= 0.3 is 0 Å². The van der Waals surface area contributed by atoms with Crippen LogP contribution in [0.4, 0.5) is 0 Å². The minimum atomic E-state index is 0.564. The third-order valence-corrected chi connectivity index (χ3v) is 3.62. The summed E-state index contributed by atoms with van der Waals surface area (Å²) in [6.45, 7) is 4.70. The first kappa shape index (κ1) is 12.6. The topological polar surface area (TPSA) is 68.6 Å². The van der Waals surface area contributed by atoms with Gasteiger partial charge in [-0.25, -0.2) is 9.98 Å². The van der Waals surface area contributed by atoms with Crippen molar-refractivity contribution in [1.29, 1.82) is 0 Å². The molecule has 2 aromatic rings. The lowest BCUT2D eigenvalue weighted by atomic mass is 10.1. The Morgan fingerprint density at radius 1 is 1.45 bits per heavy atom. The number of rotatable bonds is 1. The number of hydrogen-bond donors (Lipinski definition) is 1. The van der Waals surface area contributed by atoms with Crippen LogP contribution in [0.15, 0.2) is 34.5 Å². The largest absolute Gasteiger partial charge is 0.390 e. The molecule has 2 N–H and O–H groups in total. The molecule has 5 heteroatoms. The van der Waals surface area contributed by atoms with Crippen LogP contribution in [0.3, 0.4) is 0 Å². The molecular formula is C15H17N5. The Balaban J connectivity index is 2.28. The van der Waals surface area contributed by atoms with Crippen LogP contribution < -0.4 is 5.73 Å². The summed E-state index contributed by atoms with van der Waals surface area (Å²) in [7, 11) is 0. The van der Waals surface area contributed by atoms with Gasteiger partial charge in [0.05, 0.1) is 36.3 Å². The predicted molar refractivity (Wildman–Crippen MR) is 80.6 cm³/mol. The van der Waals surface area contributed by atoms with Gasteiger partial charge in [0.25, 0.3) is 0 Å². The quantitative estimate of drug-likeness (QED) is 0.634. The van der Waals surface area contributed by atoms with E-state index in [1.807, 2.05) is 13.3 Å². The number of aromatic nitrogens is 2. The first-order chi connectivity index (χ1) is 9.74. The van der Waals surface area contributed by atoms with E-state index in [2.05, 4.69) is 44.7 Å². The maximum Gasteiger partial charge on any atom is 0.158 e. The number of fused-ring (bicyclic) bond motifs is 3. The van der Waals surface area contributed by atoms with Gasteiger partial charge < -0.3 is 10.3 Å². The lowest BCUT2D eigenvalue weighted by Gasteiger charge is -2.10. The molecule has 5 nitrogen and oxygen atoms in total. The van der Waals surface area contributed by atoms with Crippen molar-refractivity contribution in [2.24, 2.45) is 15.7 Å². The number of nitrogens with two attached hydrogens (primary N) is 1. The first-order valence-corrected chi connectivity index (χ1v) is 6.69. The SMILES string of the molecule is CCc1ccc2c(c1)C(N=CN)=NCc1c(C)ncn1-2. The number of amidine groups is 1. The minimum Gasteiger partial charge on any atom is -0.390 e. The van der Waals surface area contributed by atoms with Gasteiger partial charge in [0.15, 0.2) is 5.84 Å². The average Bonchev–Trinajstić information content (AvgIpc) is 2.76. The molecule has 1 aliphatic heterocycles. The molecule has 0 unspecified atom stereocenters. The fourth-order valence-electron chi connectivity index (χ4n) is 2.47. The Hall–Kier alpha value is -2.43. The molecule has 0 aliphatic carbocycles. The molecule has 102 valence electrons. The summed E-state index contributed by atoms with van der Waals surface area (Å²) in [6.07, 6.45) is 4.12. The van der Waals surface area contributed by atoms with E-state index >= 15 is 0 Å². The van der Waals surface area contributed by atoms with E-state index in [1.165, 1.54) is 11.9 Å². The molecule has 1 aromatic carbocycles. The van der Waals surface area contributed by atoms with Crippen LogP contribution in [0.2, 0.25) is 0 Å². The molecule has 2 heterocycles. The minimum absolute atomic E-state index is 0.564. The summed E-state index contributed by atoms with van der Waals surface area (Å²) in [5, 5.41) is 0. The summed E-state index contributed by atoms with van der Waals surface area (Å²) in [5.74, 6) is 0.681. The van der Waals surface area contributed by atoms with Crippen LogP contribution in [0.25, 0.3) is 5.69 Å². The number of nitrogens with zero attached hydrogens (tertiary/aromatic N) is 4. The highest BCUT2D eigenvalue weighted by atomic mass is 15.1. The van der Waals surface area contributed by atoms with E-state index in [9.17, 15) is 0 Å². The highest BCUT2D eigenvalue weighted by Crippen LogP contribution is 2.25. The molecule has 20 heavy (non-hydrogen) atoms. The zero-order valence-electron chi connectivity index (χ0n) is 11.7. The van der Waals surface area contributed by atoms with E-state index < -0.39 is 0 Å². The highest BCUT2D eigenvalue weighted by Gasteiger charge is 2.19. The molecule has 0 atom stereocenters. The van der Waals surface area contributed by atoms with Gasteiger partial charge in [-0.3, -0.25) is 4.99 Å². The standard InChI is InChI=1S/C15H17N5/c1-3-11-4-5-13-12(6-11)15(18-8-16)17-7-14-10(2)19-9-20(13)14/h4-6,8-9H,3,7H2,1-2H3,(H2,16,17,18). The third kappa shape index (κ3) is 1.91. The molecular weight excluding hydrogens is 250 g/mol. The second-order valence-electron chi connectivity index (χ2n) is 4.77. The highest BCUT2D eigenvalue weighted by molar-refractivity contribution is 6.05.